The molecule has 0 saturated heterocycles. The second kappa shape index (κ2) is 6.88. The highest BCUT2D eigenvalue weighted by Gasteiger charge is 2.27. The molecule has 4 heteroatoms. The molecular weight excluding hydrogens is 276 g/mol. The molecule has 0 saturated carbocycles. The number of nitrogens with one attached hydrogen (secondary N) is 1. The van der Waals surface area contributed by atoms with Crippen molar-refractivity contribution in [2.45, 2.75) is 39.2 Å². The standard InChI is InChI=1S/C18H24N2O2/c1-4-13(2)18(3,22)12-20-17(21)10-14-9-15-7-5-6-8-16(15)19-11-14/h5-9,11,13,22H,4,10,12H2,1-3H3,(H,20,21)/t13-,18-/m1/s1. The van der Waals surface area contributed by atoms with E-state index in [0.29, 0.717) is 0 Å². The van der Waals surface area contributed by atoms with Gasteiger partial charge in [-0.05, 0) is 30.5 Å². The zero-order valence-corrected chi connectivity index (χ0v) is 13.5. The van der Waals surface area contributed by atoms with Crippen LogP contribution in [0.3, 0.4) is 0 Å². The van der Waals surface area contributed by atoms with E-state index in [1.807, 2.05) is 44.2 Å². The third-order valence-corrected chi connectivity index (χ3v) is 4.33. The first-order valence-electron chi connectivity index (χ1n) is 7.75. The number of carbonyl (C=O) groups excluding carboxylic acids is 1. The number of rotatable bonds is 6. The quantitative estimate of drug-likeness (QED) is 0.862. The number of aromatic nitrogens is 1. The molecule has 4 nitrogen and oxygen atoms in total. The summed E-state index contributed by atoms with van der Waals surface area (Å²) in [5, 5.41) is 14.2. The molecule has 118 valence electrons. The van der Waals surface area contributed by atoms with Crippen molar-refractivity contribution in [3.05, 3.63) is 42.1 Å². The van der Waals surface area contributed by atoms with E-state index in [1.165, 1.54) is 0 Å². The van der Waals surface area contributed by atoms with Crippen LogP contribution >= 0.6 is 0 Å². The number of aliphatic hydroxyl groups is 1. The van der Waals surface area contributed by atoms with Crippen LogP contribution in [0.2, 0.25) is 0 Å². The van der Waals surface area contributed by atoms with Crippen molar-refractivity contribution in [3.8, 4) is 0 Å². The lowest BCUT2D eigenvalue weighted by Gasteiger charge is -2.29. The van der Waals surface area contributed by atoms with E-state index in [-0.39, 0.29) is 24.8 Å². The van der Waals surface area contributed by atoms with E-state index in [1.54, 1.807) is 13.1 Å². The number of fused-ring (bicyclic) bond motifs is 1. The SMILES string of the molecule is CC[C@@H](C)[C@](C)(O)CNC(=O)Cc1cnc2ccccc2c1. The van der Waals surface area contributed by atoms with E-state index >= 15 is 0 Å². The fraction of sp³-hybridized carbons (Fsp3) is 0.444. The Morgan fingerprint density at radius 2 is 2.14 bits per heavy atom. The van der Waals surface area contributed by atoms with Crippen LogP contribution in [0.5, 0.6) is 0 Å². The van der Waals surface area contributed by atoms with Crippen molar-refractivity contribution in [2.75, 3.05) is 6.54 Å². The maximum atomic E-state index is 12.1. The van der Waals surface area contributed by atoms with Crippen LogP contribution in [0.1, 0.15) is 32.8 Å². The minimum atomic E-state index is -0.883. The molecular formula is C18H24N2O2. The van der Waals surface area contributed by atoms with E-state index in [0.717, 1.165) is 22.9 Å². The van der Waals surface area contributed by atoms with Gasteiger partial charge in [-0.3, -0.25) is 9.78 Å². The van der Waals surface area contributed by atoms with E-state index in [2.05, 4.69) is 10.3 Å². The monoisotopic (exact) mass is 300 g/mol. The van der Waals surface area contributed by atoms with Crippen LogP contribution in [0.15, 0.2) is 36.5 Å². The number of pyridine rings is 1. The maximum absolute atomic E-state index is 12.1. The van der Waals surface area contributed by atoms with Gasteiger partial charge in [0, 0.05) is 18.1 Å². The van der Waals surface area contributed by atoms with Crippen molar-refractivity contribution in [1.29, 1.82) is 0 Å². The number of hydrogen-bond acceptors (Lipinski definition) is 3. The smallest absolute Gasteiger partial charge is 0.224 e. The molecule has 1 amide bonds. The lowest BCUT2D eigenvalue weighted by Crippen LogP contribution is -2.45. The molecule has 1 aromatic heterocycles. The Bertz CT molecular complexity index is 652. The Labute approximate surface area is 131 Å². The average Bonchev–Trinajstić information content (AvgIpc) is 2.52. The van der Waals surface area contributed by atoms with Gasteiger partial charge in [-0.1, -0.05) is 38.5 Å². The number of benzene rings is 1. The zero-order valence-electron chi connectivity index (χ0n) is 13.5. The summed E-state index contributed by atoms with van der Waals surface area (Å²) in [6.07, 6.45) is 2.88. The van der Waals surface area contributed by atoms with E-state index < -0.39 is 5.60 Å². The van der Waals surface area contributed by atoms with Gasteiger partial charge in [-0.15, -0.1) is 0 Å². The van der Waals surface area contributed by atoms with Crippen LogP contribution in [0, 0.1) is 5.92 Å². The van der Waals surface area contributed by atoms with Gasteiger partial charge in [0.25, 0.3) is 0 Å². The Morgan fingerprint density at radius 3 is 2.86 bits per heavy atom. The summed E-state index contributed by atoms with van der Waals surface area (Å²) >= 11 is 0. The normalized spacial score (nSPS) is 15.3. The Kier molecular flexibility index (Phi) is 5.14. The number of para-hydroxylation sites is 1. The van der Waals surface area contributed by atoms with E-state index in [4.69, 9.17) is 0 Å². The largest absolute Gasteiger partial charge is 0.388 e. The van der Waals surface area contributed by atoms with Crippen molar-refractivity contribution >= 4 is 16.8 Å². The molecule has 2 aromatic rings. The Balaban J connectivity index is 1.96. The number of nitrogens with zero attached hydrogens (tertiary/aromatic N) is 1. The summed E-state index contributed by atoms with van der Waals surface area (Å²) in [6.45, 7) is 6.04. The van der Waals surface area contributed by atoms with Gasteiger partial charge in [0.1, 0.15) is 0 Å². The van der Waals surface area contributed by atoms with Gasteiger partial charge in [0.2, 0.25) is 5.91 Å². The van der Waals surface area contributed by atoms with Crippen LogP contribution in [-0.2, 0) is 11.2 Å². The molecule has 0 bridgehead atoms. The first-order valence-corrected chi connectivity index (χ1v) is 7.75. The third kappa shape index (κ3) is 4.04. The summed E-state index contributed by atoms with van der Waals surface area (Å²) in [7, 11) is 0. The van der Waals surface area contributed by atoms with Gasteiger partial charge in [0.05, 0.1) is 17.5 Å². The molecule has 22 heavy (non-hydrogen) atoms. The summed E-state index contributed by atoms with van der Waals surface area (Å²) in [6, 6.07) is 9.81. The zero-order chi connectivity index (χ0) is 16.2. The summed E-state index contributed by atoms with van der Waals surface area (Å²) < 4.78 is 0. The van der Waals surface area contributed by atoms with Crippen molar-refractivity contribution in [3.63, 3.8) is 0 Å². The maximum Gasteiger partial charge on any atom is 0.224 e. The fourth-order valence-electron chi connectivity index (χ4n) is 2.35. The number of hydrogen-bond donors (Lipinski definition) is 2. The second-order valence-electron chi connectivity index (χ2n) is 6.16. The van der Waals surface area contributed by atoms with Crippen molar-refractivity contribution < 1.29 is 9.90 Å². The van der Waals surface area contributed by atoms with Crippen LogP contribution in [-0.4, -0.2) is 28.1 Å². The van der Waals surface area contributed by atoms with Crippen molar-refractivity contribution in [2.24, 2.45) is 5.92 Å². The van der Waals surface area contributed by atoms with Crippen LogP contribution in [0.25, 0.3) is 10.9 Å². The molecule has 0 spiro atoms. The first-order chi connectivity index (χ1) is 10.4. The highest BCUT2D eigenvalue weighted by atomic mass is 16.3. The molecule has 2 atom stereocenters. The molecule has 0 unspecified atom stereocenters. The highest BCUT2D eigenvalue weighted by Crippen LogP contribution is 2.19. The van der Waals surface area contributed by atoms with Gasteiger partial charge >= 0.3 is 0 Å². The Morgan fingerprint density at radius 1 is 1.41 bits per heavy atom. The number of amides is 1. The second-order valence-corrected chi connectivity index (χ2v) is 6.16. The van der Waals surface area contributed by atoms with E-state index in [9.17, 15) is 9.90 Å². The molecule has 0 aliphatic heterocycles. The number of carbonyl (C=O) groups is 1. The van der Waals surface area contributed by atoms with Gasteiger partial charge < -0.3 is 10.4 Å². The predicted molar refractivity (Wildman–Crippen MR) is 88.5 cm³/mol. The molecule has 2 rings (SSSR count). The molecule has 1 aromatic carbocycles. The van der Waals surface area contributed by atoms with Gasteiger partial charge in [0.15, 0.2) is 0 Å². The lowest BCUT2D eigenvalue weighted by molar-refractivity contribution is -0.122. The fourth-order valence-corrected chi connectivity index (χ4v) is 2.35. The molecule has 1 heterocycles. The topological polar surface area (TPSA) is 62.2 Å². The van der Waals surface area contributed by atoms with Gasteiger partial charge in [-0.25, -0.2) is 0 Å². The summed E-state index contributed by atoms with van der Waals surface area (Å²) in [4.78, 5) is 16.4. The molecule has 0 aliphatic rings. The first kappa shape index (κ1) is 16.4. The minimum Gasteiger partial charge on any atom is -0.388 e. The minimum absolute atomic E-state index is 0.0966. The summed E-state index contributed by atoms with van der Waals surface area (Å²) in [5.74, 6) is 0.0378. The molecule has 0 radical (unpaired) electrons. The lowest BCUT2D eigenvalue weighted by atomic mass is 9.88. The Hall–Kier alpha value is -1.94. The molecule has 0 fully saturated rings. The summed E-state index contributed by atoms with van der Waals surface area (Å²) in [5.41, 5.74) is 0.914. The molecule has 0 aliphatic carbocycles. The van der Waals surface area contributed by atoms with Gasteiger partial charge in [-0.2, -0.15) is 0 Å². The average molecular weight is 300 g/mol. The highest BCUT2D eigenvalue weighted by molar-refractivity contribution is 5.82. The molecule has 2 N–H and O–H groups in total. The van der Waals surface area contributed by atoms with Crippen molar-refractivity contribution in [1.82, 2.24) is 10.3 Å². The predicted octanol–water partition coefficient (Wildman–Crippen LogP) is 2.69. The van der Waals surface area contributed by atoms with Crippen LogP contribution < -0.4 is 5.32 Å². The third-order valence-electron chi connectivity index (χ3n) is 4.33. The van der Waals surface area contributed by atoms with Crippen LogP contribution in [0.4, 0.5) is 0 Å².